The van der Waals surface area contributed by atoms with Gasteiger partial charge in [-0.1, -0.05) is 30.3 Å². The van der Waals surface area contributed by atoms with E-state index in [2.05, 4.69) is 70.2 Å². The molecule has 0 saturated heterocycles. The van der Waals surface area contributed by atoms with Gasteiger partial charge in [-0.2, -0.15) is 0 Å². The number of rotatable bonds is 5. The van der Waals surface area contributed by atoms with Crippen LogP contribution in [0.3, 0.4) is 0 Å². The van der Waals surface area contributed by atoms with Crippen molar-refractivity contribution < 1.29 is 13.3 Å². The van der Waals surface area contributed by atoms with Gasteiger partial charge in [0.1, 0.15) is 17.0 Å². The summed E-state index contributed by atoms with van der Waals surface area (Å²) in [4.78, 5) is 9.49. The number of hydrogen-bond acceptors (Lipinski definition) is 5. The van der Waals surface area contributed by atoms with Gasteiger partial charge >= 0.3 is 0 Å². The fourth-order valence-corrected chi connectivity index (χ4v) is 6.03. The molecule has 0 aliphatic heterocycles. The lowest BCUT2D eigenvalue weighted by atomic mass is 10.0. The van der Waals surface area contributed by atoms with Crippen LogP contribution in [0.4, 0.5) is 0 Å². The molecular weight excluding hydrogens is 546 g/mol. The summed E-state index contributed by atoms with van der Waals surface area (Å²) >= 11 is 0. The van der Waals surface area contributed by atoms with E-state index in [1.54, 1.807) is 12.5 Å². The summed E-state index contributed by atoms with van der Waals surface area (Å²) in [6, 6.07) is 41.0. The van der Waals surface area contributed by atoms with Crippen molar-refractivity contribution in [3.8, 4) is 51.0 Å². The second-order valence-electron chi connectivity index (χ2n) is 10.7. The second kappa shape index (κ2) is 9.71. The molecule has 0 amide bonds. The first-order valence-corrected chi connectivity index (χ1v) is 14.4. The zero-order chi connectivity index (χ0) is 29.0. The Bertz CT molecular complexity index is 2430. The molecule has 6 nitrogen and oxygen atoms in total. The number of para-hydroxylation sites is 1. The topological polar surface area (TPSA) is 70.1 Å². The van der Waals surface area contributed by atoms with Crippen LogP contribution in [0.5, 0.6) is 0 Å². The van der Waals surface area contributed by atoms with E-state index in [4.69, 9.17) is 18.2 Å². The van der Waals surface area contributed by atoms with Crippen LogP contribution in [0, 0.1) is 0 Å². The molecule has 0 bridgehead atoms. The SMILES string of the molecule is c1ccc(-c2cc(-c3ccco3)cc(-n3c4ccccc4c4ccc(-c5nc6ccc(-c7ccco7)cc6o5)cc43)c2)nc1. The highest BCUT2D eigenvalue weighted by atomic mass is 16.3. The van der Waals surface area contributed by atoms with Crippen molar-refractivity contribution in [1.82, 2.24) is 14.5 Å². The maximum absolute atomic E-state index is 6.32. The Kier molecular flexibility index (Phi) is 5.40. The highest BCUT2D eigenvalue weighted by Gasteiger charge is 2.18. The number of hydrogen-bond donors (Lipinski definition) is 0. The summed E-state index contributed by atoms with van der Waals surface area (Å²) in [5.74, 6) is 2.15. The Morgan fingerprint density at radius 2 is 1.32 bits per heavy atom. The fourth-order valence-electron chi connectivity index (χ4n) is 6.03. The van der Waals surface area contributed by atoms with Crippen molar-refractivity contribution in [2.24, 2.45) is 0 Å². The largest absolute Gasteiger partial charge is 0.464 e. The lowest BCUT2D eigenvalue weighted by molar-refractivity contribution is 0.581. The highest BCUT2D eigenvalue weighted by molar-refractivity contribution is 6.10. The average molecular weight is 570 g/mol. The van der Waals surface area contributed by atoms with Gasteiger partial charge in [0.15, 0.2) is 5.58 Å². The second-order valence-corrected chi connectivity index (χ2v) is 10.7. The molecule has 44 heavy (non-hydrogen) atoms. The lowest BCUT2D eigenvalue weighted by Crippen LogP contribution is -1.96. The van der Waals surface area contributed by atoms with E-state index in [-0.39, 0.29) is 0 Å². The van der Waals surface area contributed by atoms with Crippen LogP contribution >= 0.6 is 0 Å². The van der Waals surface area contributed by atoms with Crippen molar-refractivity contribution in [2.45, 2.75) is 0 Å². The van der Waals surface area contributed by atoms with Gasteiger partial charge in [0.05, 0.1) is 29.3 Å². The third-order valence-corrected chi connectivity index (χ3v) is 8.06. The summed E-state index contributed by atoms with van der Waals surface area (Å²) in [7, 11) is 0. The molecule has 0 saturated carbocycles. The molecule has 9 aromatic rings. The van der Waals surface area contributed by atoms with E-state index >= 15 is 0 Å². The molecule has 6 heteroatoms. The standard InChI is InChI=1S/C38H23N3O3/c1-2-9-33-29(7-1)30-14-12-25(38-40-32-15-13-24(23-37(32)44-38)35-10-5-17-42-35)22-34(30)41(33)28-20-26(31-8-3-4-16-39-31)19-27(21-28)36-11-6-18-43-36/h1-23H. The molecule has 0 aliphatic carbocycles. The average Bonchev–Trinajstić information content (AvgIpc) is 3.90. The van der Waals surface area contributed by atoms with Gasteiger partial charge in [0.25, 0.3) is 0 Å². The number of fused-ring (bicyclic) bond motifs is 4. The summed E-state index contributed by atoms with van der Waals surface area (Å²) < 4.78 is 20.0. The van der Waals surface area contributed by atoms with Gasteiger partial charge in [-0.05, 0) is 91.0 Å². The van der Waals surface area contributed by atoms with Crippen LogP contribution in [-0.4, -0.2) is 14.5 Å². The molecule has 4 aromatic carbocycles. The van der Waals surface area contributed by atoms with Crippen molar-refractivity contribution in [3.05, 3.63) is 140 Å². The molecule has 0 spiro atoms. The lowest BCUT2D eigenvalue weighted by Gasteiger charge is -2.13. The number of benzene rings is 4. The summed E-state index contributed by atoms with van der Waals surface area (Å²) in [5, 5.41) is 2.31. The molecule has 0 fully saturated rings. The molecule has 0 atom stereocenters. The normalized spacial score (nSPS) is 11.6. The molecule has 0 unspecified atom stereocenters. The van der Waals surface area contributed by atoms with Gasteiger partial charge in [-0.15, -0.1) is 0 Å². The van der Waals surface area contributed by atoms with Crippen LogP contribution < -0.4 is 0 Å². The van der Waals surface area contributed by atoms with E-state index in [0.29, 0.717) is 11.5 Å². The first kappa shape index (κ1) is 24.5. The molecule has 0 N–H and O–H groups in total. The van der Waals surface area contributed by atoms with Crippen molar-refractivity contribution in [2.75, 3.05) is 0 Å². The van der Waals surface area contributed by atoms with Gasteiger partial charge in [0, 0.05) is 44.9 Å². The smallest absolute Gasteiger partial charge is 0.227 e. The Balaban J connectivity index is 1.26. The summed E-state index contributed by atoms with van der Waals surface area (Å²) in [5.41, 5.74) is 9.36. The van der Waals surface area contributed by atoms with E-state index < -0.39 is 0 Å². The van der Waals surface area contributed by atoms with Crippen molar-refractivity contribution in [3.63, 3.8) is 0 Å². The maximum Gasteiger partial charge on any atom is 0.227 e. The van der Waals surface area contributed by atoms with Crippen LogP contribution in [0.2, 0.25) is 0 Å². The Labute approximate surface area is 251 Å². The molecule has 0 aliphatic rings. The van der Waals surface area contributed by atoms with Crippen molar-refractivity contribution >= 4 is 32.9 Å². The first-order chi connectivity index (χ1) is 21.8. The quantitative estimate of drug-likeness (QED) is 0.206. The van der Waals surface area contributed by atoms with Crippen LogP contribution in [0.25, 0.3) is 84.0 Å². The van der Waals surface area contributed by atoms with E-state index in [1.165, 1.54) is 0 Å². The van der Waals surface area contributed by atoms with Crippen molar-refractivity contribution in [1.29, 1.82) is 0 Å². The first-order valence-electron chi connectivity index (χ1n) is 14.4. The van der Waals surface area contributed by atoms with Crippen LogP contribution in [0.1, 0.15) is 0 Å². The van der Waals surface area contributed by atoms with Gasteiger partial charge in [-0.25, -0.2) is 4.98 Å². The Morgan fingerprint density at radius 1 is 0.545 bits per heavy atom. The minimum Gasteiger partial charge on any atom is -0.464 e. The number of furan rings is 2. The van der Waals surface area contributed by atoms with Crippen LogP contribution in [0.15, 0.2) is 153 Å². The number of pyridine rings is 1. The number of aromatic nitrogens is 3. The maximum atomic E-state index is 6.32. The molecular formula is C38H23N3O3. The fraction of sp³-hybridized carbons (Fsp3) is 0. The monoisotopic (exact) mass is 569 g/mol. The van der Waals surface area contributed by atoms with Crippen LogP contribution in [-0.2, 0) is 0 Å². The number of nitrogens with zero attached hydrogens (tertiary/aromatic N) is 3. The highest BCUT2D eigenvalue weighted by Crippen LogP contribution is 2.38. The molecule has 0 radical (unpaired) electrons. The van der Waals surface area contributed by atoms with E-state index in [0.717, 1.165) is 72.5 Å². The summed E-state index contributed by atoms with van der Waals surface area (Å²) in [6.45, 7) is 0. The Hall–Kier alpha value is -6.14. The molecule has 208 valence electrons. The zero-order valence-electron chi connectivity index (χ0n) is 23.3. The predicted molar refractivity (Wildman–Crippen MR) is 172 cm³/mol. The zero-order valence-corrected chi connectivity index (χ0v) is 23.3. The van der Waals surface area contributed by atoms with E-state index in [1.807, 2.05) is 66.9 Å². The third-order valence-electron chi connectivity index (χ3n) is 8.06. The molecule has 9 rings (SSSR count). The molecule has 5 heterocycles. The number of oxazole rings is 1. The third kappa shape index (κ3) is 3.96. The van der Waals surface area contributed by atoms with Gasteiger partial charge < -0.3 is 17.8 Å². The summed E-state index contributed by atoms with van der Waals surface area (Å²) in [6.07, 6.45) is 5.19. The Morgan fingerprint density at radius 3 is 2.14 bits per heavy atom. The van der Waals surface area contributed by atoms with Gasteiger partial charge in [-0.3, -0.25) is 4.98 Å². The minimum atomic E-state index is 0.564. The van der Waals surface area contributed by atoms with Gasteiger partial charge in [0.2, 0.25) is 5.89 Å². The minimum absolute atomic E-state index is 0.564. The molecule has 5 aromatic heterocycles. The predicted octanol–water partition coefficient (Wildman–Crippen LogP) is 10.2. The van der Waals surface area contributed by atoms with E-state index in [9.17, 15) is 0 Å².